The number of hydrogen-bond acceptors (Lipinski definition) is 3. The van der Waals surface area contributed by atoms with Gasteiger partial charge in [0.2, 0.25) is 0 Å². The van der Waals surface area contributed by atoms with Gasteiger partial charge in [0, 0.05) is 5.56 Å². The van der Waals surface area contributed by atoms with Crippen molar-refractivity contribution in [3.05, 3.63) is 59.5 Å². The minimum absolute atomic E-state index is 0.0601. The van der Waals surface area contributed by atoms with Crippen molar-refractivity contribution in [3.8, 4) is 0 Å². The average molecular weight is 331 g/mol. The highest BCUT2D eigenvalue weighted by atomic mass is 32.1. The Morgan fingerprint density at radius 3 is 2.39 bits per heavy atom. The van der Waals surface area contributed by atoms with Gasteiger partial charge in [-0.1, -0.05) is 32.9 Å². The first-order valence-electron chi connectivity index (χ1n) is 7.33. The van der Waals surface area contributed by atoms with E-state index in [1.165, 1.54) is 5.56 Å². The fourth-order valence-electron chi connectivity index (χ4n) is 1.93. The summed E-state index contributed by atoms with van der Waals surface area (Å²) in [5.74, 6) is 0.519. The normalized spacial score (nSPS) is 10.9. The highest BCUT2D eigenvalue weighted by Gasteiger charge is 2.14. The summed E-state index contributed by atoms with van der Waals surface area (Å²) < 4.78 is 5.18. The summed E-state index contributed by atoms with van der Waals surface area (Å²) in [6.07, 6.45) is 1.59. The molecule has 2 rings (SSSR count). The van der Waals surface area contributed by atoms with Gasteiger partial charge >= 0.3 is 0 Å². The molecule has 1 aromatic carbocycles. The van der Waals surface area contributed by atoms with Crippen LogP contribution in [0.5, 0.6) is 0 Å². The number of benzene rings is 1. The van der Waals surface area contributed by atoms with E-state index in [4.69, 9.17) is 16.6 Å². The Kier molecular flexibility index (Phi) is 5.39. The van der Waals surface area contributed by atoms with Crippen LogP contribution in [0.25, 0.3) is 0 Å². The zero-order valence-electron chi connectivity index (χ0n) is 13.5. The number of thiocarbonyl (C=S) groups is 1. The molecule has 0 bridgehead atoms. The highest BCUT2D eigenvalue weighted by molar-refractivity contribution is 7.80. The summed E-state index contributed by atoms with van der Waals surface area (Å²) in [5.41, 5.74) is 7.04. The van der Waals surface area contributed by atoms with Gasteiger partial charge in [-0.15, -0.1) is 0 Å². The molecule has 0 atom stereocenters. The van der Waals surface area contributed by atoms with Crippen LogP contribution in [0.3, 0.4) is 0 Å². The minimum atomic E-state index is -0.243. The molecule has 1 heterocycles. The maximum Gasteiger partial charge on any atom is 0.269 e. The van der Waals surface area contributed by atoms with Gasteiger partial charge in [-0.3, -0.25) is 15.6 Å². The zero-order valence-corrected chi connectivity index (χ0v) is 14.3. The van der Waals surface area contributed by atoms with E-state index < -0.39 is 0 Å². The molecule has 0 aliphatic heterocycles. The lowest BCUT2D eigenvalue weighted by Gasteiger charge is -2.19. The Balaban J connectivity index is 1.81. The lowest BCUT2D eigenvalue weighted by atomic mass is 9.87. The van der Waals surface area contributed by atoms with Gasteiger partial charge in [-0.2, -0.15) is 0 Å². The monoisotopic (exact) mass is 331 g/mol. The predicted octanol–water partition coefficient (Wildman–Crippen LogP) is 2.89. The van der Waals surface area contributed by atoms with Gasteiger partial charge in [-0.05, 0) is 47.5 Å². The molecule has 0 aliphatic carbocycles. The van der Waals surface area contributed by atoms with Crippen LogP contribution in [0.1, 0.15) is 42.5 Å². The fraction of sp³-hybridized carbons (Fsp3) is 0.294. The Morgan fingerprint density at radius 1 is 1.13 bits per heavy atom. The summed E-state index contributed by atoms with van der Waals surface area (Å²) in [6, 6.07) is 11.2. The maximum absolute atomic E-state index is 12.1. The molecule has 3 N–H and O–H groups in total. The van der Waals surface area contributed by atoms with Crippen LogP contribution in [0.2, 0.25) is 0 Å². The molecule has 6 heteroatoms. The third-order valence-corrected chi connectivity index (χ3v) is 3.55. The standard InChI is InChI=1S/C17H21N3O2S/c1-17(2,3)13-8-6-12(7-9-13)15(21)19-20-16(23)18-11-14-5-4-10-22-14/h4-10H,11H2,1-3H3,(H,19,21)(H2,18,20,23). The van der Waals surface area contributed by atoms with E-state index in [-0.39, 0.29) is 11.3 Å². The van der Waals surface area contributed by atoms with E-state index in [2.05, 4.69) is 36.9 Å². The van der Waals surface area contributed by atoms with Crippen molar-refractivity contribution in [2.24, 2.45) is 0 Å². The van der Waals surface area contributed by atoms with Crippen LogP contribution in [0, 0.1) is 0 Å². The van der Waals surface area contributed by atoms with Crippen LogP contribution >= 0.6 is 12.2 Å². The second kappa shape index (κ2) is 7.28. The summed E-state index contributed by atoms with van der Waals surface area (Å²) in [6.45, 7) is 6.85. The van der Waals surface area contributed by atoms with Crippen molar-refractivity contribution in [1.29, 1.82) is 0 Å². The number of rotatable bonds is 3. The predicted molar refractivity (Wildman–Crippen MR) is 93.9 cm³/mol. The molecule has 5 nitrogen and oxygen atoms in total. The molecular formula is C17H21N3O2S. The number of carbonyl (C=O) groups excluding carboxylic acids is 1. The summed E-state index contributed by atoms with van der Waals surface area (Å²) in [4.78, 5) is 12.1. The number of hydrogen-bond donors (Lipinski definition) is 3. The SMILES string of the molecule is CC(C)(C)c1ccc(C(=O)NNC(=S)NCc2ccco2)cc1. The highest BCUT2D eigenvalue weighted by Crippen LogP contribution is 2.22. The lowest BCUT2D eigenvalue weighted by molar-refractivity contribution is 0.0943. The Hall–Kier alpha value is -2.34. The Bertz CT molecular complexity index is 658. The maximum atomic E-state index is 12.1. The van der Waals surface area contributed by atoms with Crippen LogP contribution in [-0.2, 0) is 12.0 Å². The fourth-order valence-corrected chi connectivity index (χ4v) is 2.06. The second-order valence-corrected chi connectivity index (χ2v) is 6.58. The van der Waals surface area contributed by atoms with E-state index in [0.29, 0.717) is 17.2 Å². The van der Waals surface area contributed by atoms with Gasteiger partial charge in [0.25, 0.3) is 5.91 Å². The van der Waals surface area contributed by atoms with E-state index >= 15 is 0 Å². The lowest BCUT2D eigenvalue weighted by Crippen LogP contribution is -2.46. The summed E-state index contributed by atoms with van der Waals surface area (Å²) >= 11 is 5.09. The summed E-state index contributed by atoms with van der Waals surface area (Å²) in [5, 5.41) is 3.25. The first kappa shape index (κ1) is 17.0. The van der Waals surface area contributed by atoms with Crippen molar-refractivity contribution in [3.63, 3.8) is 0 Å². The van der Waals surface area contributed by atoms with E-state index in [1.54, 1.807) is 24.5 Å². The number of amides is 1. The molecular weight excluding hydrogens is 310 g/mol. The molecule has 23 heavy (non-hydrogen) atoms. The quantitative estimate of drug-likeness (QED) is 0.596. The van der Waals surface area contributed by atoms with E-state index in [0.717, 1.165) is 5.76 Å². The third kappa shape index (κ3) is 5.10. The van der Waals surface area contributed by atoms with Crippen molar-refractivity contribution >= 4 is 23.2 Å². The third-order valence-electron chi connectivity index (χ3n) is 3.31. The number of nitrogens with one attached hydrogen (secondary N) is 3. The first-order chi connectivity index (χ1) is 10.9. The van der Waals surface area contributed by atoms with Crippen LogP contribution in [0.4, 0.5) is 0 Å². The van der Waals surface area contributed by atoms with E-state index in [9.17, 15) is 4.79 Å². The van der Waals surface area contributed by atoms with Gasteiger partial charge in [0.1, 0.15) is 5.76 Å². The van der Waals surface area contributed by atoms with Crippen LogP contribution in [-0.4, -0.2) is 11.0 Å². The molecule has 1 amide bonds. The Labute approximate surface area is 141 Å². The molecule has 0 aliphatic rings. The Morgan fingerprint density at radius 2 is 1.83 bits per heavy atom. The van der Waals surface area contributed by atoms with Crippen LogP contribution in [0.15, 0.2) is 47.1 Å². The van der Waals surface area contributed by atoms with E-state index in [1.807, 2.05) is 18.2 Å². The molecule has 0 radical (unpaired) electrons. The molecule has 0 unspecified atom stereocenters. The smallest absolute Gasteiger partial charge is 0.269 e. The van der Waals surface area contributed by atoms with Gasteiger partial charge in [-0.25, -0.2) is 0 Å². The second-order valence-electron chi connectivity index (χ2n) is 6.17. The molecule has 1 aromatic heterocycles. The zero-order chi connectivity index (χ0) is 16.9. The molecule has 122 valence electrons. The summed E-state index contributed by atoms with van der Waals surface area (Å²) in [7, 11) is 0. The molecule has 0 saturated carbocycles. The number of furan rings is 1. The van der Waals surface area contributed by atoms with Gasteiger partial charge < -0.3 is 9.73 Å². The van der Waals surface area contributed by atoms with Gasteiger partial charge in [0.05, 0.1) is 12.8 Å². The first-order valence-corrected chi connectivity index (χ1v) is 7.74. The van der Waals surface area contributed by atoms with Crippen molar-refractivity contribution in [2.45, 2.75) is 32.7 Å². The van der Waals surface area contributed by atoms with Crippen molar-refractivity contribution < 1.29 is 9.21 Å². The number of carbonyl (C=O) groups is 1. The van der Waals surface area contributed by atoms with Crippen molar-refractivity contribution in [2.75, 3.05) is 0 Å². The molecule has 2 aromatic rings. The van der Waals surface area contributed by atoms with Gasteiger partial charge in [0.15, 0.2) is 5.11 Å². The van der Waals surface area contributed by atoms with Crippen molar-refractivity contribution in [1.82, 2.24) is 16.2 Å². The topological polar surface area (TPSA) is 66.3 Å². The average Bonchev–Trinajstić information content (AvgIpc) is 3.03. The largest absolute Gasteiger partial charge is 0.467 e. The molecule has 0 saturated heterocycles. The molecule has 0 spiro atoms. The minimum Gasteiger partial charge on any atom is -0.467 e. The number of hydrazine groups is 1. The van der Waals surface area contributed by atoms with Crippen LogP contribution < -0.4 is 16.2 Å². The molecule has 0 fully saturated rings.